The summed E-state index contributed by atoms with van der Waals surface area (Å²) in [6, 6.07) is 32.7. The molecule has 1 aromatic heterocycles. The summed E-state index contributed by atoms with van der Waals surface area (Å²) in [4.78, 5) is 4.58. The molecule has 0 spiro atoms. The van der Waals surface area contributed by atoms with Crippen molar-refractivity contribution in [3.8, 4) is 0 Å². The third-order valence-electron chi connectivity index (χ3n) is 5.51. The Morgan fingerprint density at radius 3 is 1.60 bits per heavy atom. The molecule has 0 saturated heterocycles. The lowest BCUT2D eigenvalue weighted by Crippen LogP contribution is -2.43. The lowest BCUT2D eigenvalue weighted by Gasteiger charge is -2.20. The van der Waals surface area contributed by atoms with E-state index in [0.29, 0.717) is 0 Å². The van der Waals surface area contributed by atoms with Gasteiger partial charge in [-0.3, -0.25) is 4.98 Å². The summed E-state index contributed by atoms with van der Waals surface area (Å²) < 4.78 is 0. The van der Waals surface area contributed by atoms with E-state index in [1.54, 1.807) is 0 Å². The zero-order chi connectivity index (χ0) is 20.9. The van der Waals surface area contributed by atoms with E-state index in [1.165, 1.54) is 38.7 Å². The van der Waals surface area contributed by atoms with Crippen molar-refractivity contribution in [3.63, 3.8) is 0 Å². The molecule has 0 aliphatic rings. The molecule has 0 N–H and O–H groups in total. The normalized spacial score (nSPS) is 11.4. The fourth-order valence-corrected chi connectivity index (χ4v) is 3.77. The van der Waals surface area contributed by atoms with Gasteiger partial charge >= 0.3 is 0 Å². The Bertz CT molecular complexity index is 1080. The lowest BCUT2D eigenvalue weighted by atomic mass is 9.35. The van der Waals surface area contributed by atoms with Gasteiger partial charge in [-0.25, -0.2) is 0 Å². The highest BCUT2D eigenvalue weighted by molar-refractivity contribution is 7.00. The minimum atomic E-state index is 0.121. The van der Waals surface area contributed by atoms with Crippen molar-refractivity contribution in [2.24, 2.45) is 0 Å². The Morgan fingerprint density at radius 2 is 1.13 bits per heavy atom. The molecule has 4 aromatic rings. The molecule has 0 atom stereocenters. The van der Waals surface area contributed by atoms with Gasteiger partial charge in [0.05, 0.1) is 5.69 Å². The van der Waals surface area contributed by atoms with Crippen molar-refractivity contribution in [2.45, 2.75) is 20.8 Å². The summed E-state index contributed by atoms with van der Waals surface area (Å²) in [6.07, 6.45) is 4.08. The lowest BCUT2D eigenvalue weighted by molar-refractivity contribution is 1.30. The highest BCUT2D eigenvalue weighted by Crippen LogP contribution is 2.22. The summed E-state index contributed by atoms with van der Waals surface area (Å²) >= 11 is 0. The number of hydrogen-bond donors (Lipinski definition) is 0. The highest BCUT2D eigenvalue weighted by atomic mass is 14.6. The standard InChI is InChI=1S/C28H26BN/c1-21-7-13-24(14-8-21)28(20-27-6-4-5-19-30-27)29(25-15-9-22(2)10-16-25)26-17-11-23(3)12-18-26/h4-20H,1-3H3/b28-20-. The van der Waals surface area contributed by atoms with Crippen LogP contribution in [0, 0.1) is 20.8 Å². The number of aryl methyl sites for hydroxylation is 3. The second-order valence-electron chi connectivity index (χ2n) is 7.97. The maximum Gasteiger partial charge on any atom is 0.242 e. The number of benzene rings is 3. The molecule has 0 fully saturated rings. The summed E-state index contributed by atoms with van der Waals surface area (Å²) in [5.74, 6) is 0. The summed E-state index contributed by atoms with van der Waals surface area (Å²) in [5.41, 5.74) is 9.81. The Balaban J connectivity index is 1.94. The van der Waals surface area contributed by atoms with E-state index in [0.717, 1.165) is 5.69 Å². The number of aromatic nitrogens is 1. The van der Waals surface area contributed by atoms with Gasteiger partial charge < -0.3 is 0 Å². The first-order valence-corrected chi connectivity index (χ1v) is 10.4. The van der Waals surface area contributed by atoms with E-state index in [9.17, 15) is 0 Å². The fourth-order valence-electron chi connectivity index (χ4n) is 3.77. The van der Waals surface area contributed by atoms with Crippen molar-refractivity contribution in [3.05, 3.63) is 125 Å². The van der Waals surface area contributed by atoms with Crippen molar-refractivity contribution < 1.29 is 0 Å². The molecule has 146 valence electrons. The molecule has 2 heteroatoms. The van der Waals surface area contributed by atoms with Crippen LogP contribution in [0.5, 0.6) is 0 Å². The second kappa shape index (κ2) is 8.96. The molecule has 30 heavy (non-hydrogen) atoms. The van der Waals surface area contributed by atoms with Crippen molar-refractivity contribution in [1.29, 1.82) is 0 Å². The van der Waals surface area contributed by atoms with Crippen LogP contribution in [-0.4, -0.2) is 11.7 Å². The van der Waals surface area contributed by atoms with E-state index < -0.39 is 0 Å². The number of rotatable bonds is 5. The number of hydrogen-bond acceptors (Lipinski definition) is 1. The predicted molar refractivity (Wildman–Crippen MR) is 131 cm³/mol. The SMILES string of the molecule is Cc1ccc(B(/C(=C\c2ccccn2)c2ccc(C)cc2)c2ccc(C)cc2)cc1. The molecule has 0 saturated carbocycles. The zero-order valence-corrected chi connectivity index (χ0v) is 17.8. The molecule has 0 aliphatic carbocycles. The first kappa shape index (κ1) is 19.9. The van der Waals surface area contributed by atoms with Crippen LogP contribution >= 0.6 is 0 Å². The van der Waals surface area contributed by atoms with Gasteiger partial charge in [0, 0.05) is 6.20 Å². The molecule has 4 rings (SSSR count). The van der Waals surface area contributed by atoms with Crippen LogP contribution in [0.25, 0.3) is 11.5 Å². The first-order valence-electron chi connectivity index (χ1n) is 10.4. The molecule has 3 aromatic carbocycles. The van der Waals surface area contributed by atoms with Gasteiger partial charge in [0.1, 0.15) is 0 Å². The topological polar surface area (TPSA) is 12.9 Å². The quantitative estimate of drug-likeness (QED) is 0.418. The average Bonchev–Trinajstić information content (AvgIpc) is 2.77. The van der Waals surface area contributed by atoms with E-state index >= 15 is 0 Å². The van der Waals surface area contributed by atoms with Crippen LogP contribution in [0.15, 0.2) is 97.2 Å². The predicted octanol–water partition coefficient (Wildman–Crippen LogP) is 5.40. The molecule has 1 heterocycles. The average molecular weight is 387 g/mol. The zero-order valence-electron chi connectivity index (χ0n) is 17.8. The van der Waals surface area contributed by atoms with Crippen LogP contribution in [0.2, 0.25) is 0 Å². The maximum atomic E-state index is 4.58. The molecule has 1 nitrogen and oxygen atoms in total. The van der Waals surface area contributed by atoms with Gasteiger partial charge in [-0.05, 0) is 44.5 Å². The van der Waals surface area contributed by atoms with Gasteiger partial charge in [0.2, 0.25) is 6.71 Å². The van der Waals surface area contributed by atoms with Crippen molar-refractivity contribution in [1.82, 2.24) is 4.98 Å². The van der Waals surface area contributed by atoms with E-state index in [-0.39, 0.29) is 6.71 Å². The Morgan fingerprint density at radius 1 is 0.633 bits per heavy atom. The fraction of sp³-hybridized carbons (Fsp3) is 0.107. The first-order chi connectivity index (χ1) is 14.6. The third kappa shape index (κ3) is 4.60. The second-order valence-corrected chi connectivity index (χ2v) is 7.97. The van der Waals surface area contributed by atoms with Gasteiger partial charge in [-0.1, -0.05) is 112 Å². The molecule has 0 radical (unpaired) electrons. The monoisotopic (exact) mass is 387 g/mol. The molecular formula is C28H26BN. The minimum Gasteiger partial charge on any atom is -0.257 e. The van der Waals surface area contributed by atoms with Crippen LogP contribution in [-0.2, 0) is 0 Å². The van der Waals surface area contributed by atoms with Gasteiger partial charge in [0.25, 0.3) is 0 Å². The summed E-state index contributed by atoms with van der Waals surface area (Å²) in [6.45, 7) is 6.52. The van der Waals surface area contributed by atoms with E-state index in [1.807, 2.05) is 18.3 Å². The van der Waals surface area contributed by atoms with E-state index in [4.69, 9.17) is 0 Å². The van der Waals surface area contributed by atoms with Gasteiger partial charge in [-0.15, -0.1) is 0 Å². The van der Waals surface area contributed by atoms with Crippen LogP contribution in [0.3, 0.4) is 0 Å². The number of pyridine rings is 1. The van der Waals surface area contributed by atoms with Gasteiger partial charge in [0.15, 0.2) is 0 Å². The van der Waals surface area contributed by atoms with Crippen LogP contribution in [0.1, 0.15) is 27.9 Å². The smallest absolute Gasteiger partial charge is 0.242 e. The van der Waals surface area contributed by atoms with Crippen molar-refractivity contribution in [2.75, 3.05) is 0 Å². The van der Waals surface area contributed by atoms with Crippen LogP contribution < -0.4 is 10.9 Å². The van der Waals surface area contributed by atoms with Crippen LogP contribution in [0.4, 0.5) is 0 Å². The maximum absolute atomic E-state index is 4.58. The number of nitrogens with zero attached hydrogens (tertiary/aromatic N) is 1. The Kier molecular flexibility index (Phi) is 5.95. The van der Waals surface area contributed by atoms with Crippen molar-refractivity contribution >= 4 is 29.2 Å². The highest BCUT2D eigenvalue weighted by Gasteiger charge is 2.25. The molecule has 0 amide bonds. The Labute approximate surface area is 180 Å². The van der Waals surface area contributed by atoms with E-state index in [2.05, 4.69) is 111 Å². The molecule has 0 unspecified atom stereocenters. The molecular weight excluding hydrogens is 361 g/mol. The summed E-state index contributed by atoms with van der Waals surface area (Å²) in [7, 11) is 0. The molecule has 0 bridgehead atoms. The molecule has 0 aliphatic heterocycles. The summed E-state index contributed by atoms with van der Waals surface area (Å²) in [5, 5.41) is 0. The Hall–Kier alpha value is -3.39. The largest absolute Gasteiger partial charge is 0.257 e. The minimum absolute atomic E-state index is 0.121. The van der Waals surface area contributed by atoms with Gasteiger partial charge in [-0.2, -0.15) is 0 Å². The third-order valence-corrected chi connectivity index (χ3v) is 5.51.